The maximum absolute atomic E-state index is 11.2. The van der Waals surface area contributed by atoms with Crippen molar-refractivity contribution in [3.63, 3.8) is 0 Å². The zero-order valence-electron chi connectivity index (χ0n) is 5.54. The number of hydrogen-bond acceptors (Lipinski definition) is 1. The first kappa shape index (κ1) is 12.1. The van der Waals surface area contributed by atoms with Gasteiger partial charge in [-0.05, 0) is 5.60 Å². The molecule has 0 aliphatic carbocycles. The Hall–Kier alpha value is 0.347. The molecule has 0 radical (unpaired) electrons. The first-order valence-corrected chi connectivity index (χ1v) is 2.02. The van der Waals surface area contributed by atoms with E-state index in [1.54, 1.807) is 0 Å². The molecule has 0 atom stereocenters. The van der Waals surface area contributed by atoms with Gasteiger partial charge in [-0.25, -0.2) is 0 Å². The van der Waals surface area contributed by atoms with Gasteiger partial charge in [0.25, 0.3) is 0 Å². The van der Waals surface area contributed by atoms with Gasteiger partial charge in [-0.3, -0.25) is 0 Å². The minimum Gasteiger partial charge on any atom is -0.843 e. The molecule has 0 unspecified atom stereocenters. The third-order valence-corrected chi connectivity index (χ3v) is 0.683. The van der Waals surface area contributed by atoms with E-state index in [1.807, 2.05) is 0 Å². The van der Waals surface area contributed by atoms with Crippen molar-refractivity contribution in [2.24, 2.45) is 0 Å². The van der Waals surface area contributed by atoms with Crippen LogP contribution in [0.5, 0.6) is 0 Å². The third-order valence-electron chi connectivity index (χ3n) is 0.683. The van der Waals surface area contributed by atoms with Crippen LogP contribution in [0, 0.1) is 0 Å². The molecule has 0 aliphatic heterocycles. The Morgan fingerprint density at radius 1 is 1.11 bits per heavy atom. The van der Waals surface area contributed by atoms with Gasteiger partial charge in [0.05, 0.1) is 0 Å². The predicted octanol–water partition coefficient (Wildman–Crippen LogP) is -2.31. The van der Waals surface area contributed by atoms with E-state index in [2.05, 4.69) is 0 Å². The molecule has 0 amide bonds. The smallest absolute Gasteiger partial charge is 0.843 e. The van der Waals surface area contributed by atoms with Gasteiger partial charge in [0.15, 0.2) is 0 Å². The normalized spacial score (nSPS) is 12.7. The van der Waals surface area contributed by atoms with Gasteiger partial charge in [0, 0.05) is 0 Å². The van der Waals surface area contributed by atoms with E-state index in [-0.39, 0.29) is 18.9 Å². The molecule has 0 rings (SSSR count). The number of alkyl halides is 3. The van der Waals surface area contributed by atoms with Gasteiger partial charge in [0.2, 0.25) is 0 Å². The van der Waals surface area contributed by atoms with Crippen molar-refractivity contribution in [2.45, 2.75) is 25.6 Å². The molecule has 0 N–H and O–H groups in total. The van der Waals surface area contributed by atoms with E-state index in [4.69, 9.17) is 0 Å². The van der Waals surface area contributed by atoms with Crippen molar-refractivity contribution in [1.82, 2.24) is 0 Å². The summed E-state index contributed by atoms with van der Waals surface area (Å²) in [5.41, 5.74) is -2.81. The van der Waals surface area contributed by atoms with Crippen LogP contribution < -0.4 is 24.0 Å². The Balaban J connectivity index is 0. The molecular weight excluding hydrogens is 128 g/mol. The van der Waals surface area contributed by atoms with E-state index >= 15 is 0 Å². The Morgan fingerprint density at radius 3 is 1.22 bits per heavy atom. The summed E-state index contributed by atoms with van der Waals surface area (Å²) in [6, 6.07) is 0. The Bertz CT molecular complexity index is 70.8. The molecule has 0 spiro atoms. The summed E-state index contributed by atoms with van der Waals surface area (Å²) in [5, 5.41) is 10.0. The maximum atomic E-state index is 11.2. The first-order chi connectivity index (χ1) is 3.25. The molecule has 0 aromatic rings. The Kier molecular flexibility index (Phi) is 3.96. The average molecular weight is 134 g/mol. The topological polar surface area (TPSA) is 23.1 Å². The Labute approximate surface area is 63.4 Å². The Morgan fingerprint density at radius 2 is 1.22 bits per heavy atom. The van der Waals surface area contributed by atoms with Crippen LogP contribution in [0.2, 0.25) is 0 Å². The van der Waals surface area contributed by atoms with Gasteiger partial charge in [-0.2, -0.15) is 13.2 Å². The largest absolute Gasteiger partial charge is 1.00 e. The van der Waals surface area contributed by atoms with Crippen LogP contribution in [0.1, 0.15) is 13.8 Å². The second-order valence-electron chi connectivity index (χ2n) is 2.01. The van der Waals surface area contributed by atoms with Gasteiger partial charge in [0.1, 0.15) is 0 Å². The molecule has 5 heteroatoms. The van der Waals surface area contributed by atoms with Crippen LogP contribution in [0.25, 0.3) is 0 Å². The van der Waals surface area contributed by atoms with E-state index < -0.39 is 11.8 Å². The fraction of sp³-hybridized carbons (Fsp3) is 1.00. The zero-order chi connectivity index (χ0) is 7.00. The van der Waals surface area contributed by atoms with E-state index in [9.17, 15) is 18.3 Å². The quantitative estimate of drug-likeness (QED) is 0.341. The summed E-state index contributed by atoms with van der Waals surface area (Å²) in [6.45, 7) is 1.18. The van der Waals surface area contributed by atoms with Crippen LogP contribution in [0.3, 0.4) is 0 Å². The molecule has 0 bridgehead atoms. The van der Waals surface area contributed by atoms with Crippen LogP contribution in [0.4, 0.5) is 13.2 Å². The number of hydrogen-bond donors (Lipinski definition) is 0. The average Bonchev–Trinajstić information content (AvgIpc) is 1.25. The second kappa shape index (κ2) is 2.96. The molecule has 0 heterocycles. The van der Waals surface area contributed by atoms with Crippen LogP contribution in [-0.2, 0) is 0 Å². The van der Waals surface area contributed by atoms with Crippen molar-refractivity contribution < 1.29 is 37.1 Å². The first-order valence-electron chi connectivity index (χ1n) is 2.02. The molecule has 50 valence electrons. The van der Waals surface area contributed by atoms with E-state index in [0.717, 1.165) is 0 Å². The van der Waals surface area contributed by atoms with Gasteiger partial charge < -0.3 is 5.11 Å². The summed E-state index contributed by atoms with van der Waals surface area (Å²) >= 11 is 0. The number of halogens is 3. The van der Waals surface area contributed by atoms with E-state index in [1.165, 1.54) is 0 Å². The minimum absolute atomic E-state index is 0. The molecule has 0 saturated heterocycles. The maximum Gasteiger partial charge on any atom is 1.00 e. The van der Waals surface area contributed by atoms with Crippen LogP contribution in [0.15, 0.2) is 0 Å². The van der Waals surface area contributed by atoms with Gasteiger partial charge in [-0.15, -0.1) is 0 Å². The molecule has 0 aromatic heterocycles. The van der Waals surface area contributed by atoms with Crippen molar-refractivity contribution in [3.8, 4) is 0 Å². The third kappa shape index (κ3) is 3.85. The fourth-order valence-electron chi connectivity index (χ4n) is 0. The molecule has 9 heavy (non-hydrogen) atoms. The van der Waals surface area contributed by atoms with Crippen LogP contribution in [-0.4, -0.2) is 11.8 Å². The van der Waals surface area contributed by atoms with Crippen molar-refractivity contribution in [3.05, 3.63) is 0 Å². The summed E-state index contributed by atoms with van der Waals surface area (Å²) < 4.78 is 33.8. The molecular formula is C4H6F3LiO. The molecule has 1 nitrogen and oxygen atoms in total. The molecule has 0 fully saturated rings. The molecule has 0 aromatic carbocycles. The second-order valence-corrected chi connectivity index (χ2v) is 2.01. The summed E-state index contributed by atoms with van der Waals surface area (Å²) in [6.07, 6.45) is -4.62. The molecule has 0 aliphatic rings. The molecule has 0 saturated carbocycles. The number of rotatable bonds is 0. The van der Waals surface area contributed by atoms with Gasteiger partial charge in [-0.1, -0.05) is 13.8 Å². The fourth-order valence-corrected chi connectivity index (χ4v) is 0. The summed E-state index contributed by atoms with van der Waals surface area (Å²) in [7, 11) is 0. The van der Waals surface area contributed by atoms with Crippen molar-refractivity contribution >= 4 is 0 Å². The summed E-state index contributed by atoms with van der Waals surface area (Å²) in [5.74, 6) is 0. The SMILES string of the molecule is CC(C)([O-])C(F)(F)F.[Li+]. The minimum atomic E-state index is -4.62. The predicted molar refractivity (Wildman–Crippen MR) is 20.1 cm³/mol. The van der Waals surface area contributed by atoms with Crippen molar-refractivity contribution in [1.29, 1.82) is 0 Å². The van der Waals surface area contributed by atoms with E-state index in [0.29, 0.717) is 13.8 Å². The van der Waals surface area contributed by atoms with Gasteiger partial charge >= 0.3 is 25.0 Å². The zero-order valence-corrected chi connectivity index (χ0v) is 5.54. The monoisotopic (exact) mass is 134 g/mol. The van der Waals surface area contributed by atoms with Crippen LogP contribution >= 0.6 is 0 Å². The van der Waals surface area contributed by atoms with Crippen molar-refractivity contribution in [2.75, 3.05) is 0 Å². The standard InChI is InChI=1S/C4H6F3O.Li/c1-3(2,8)4(5,6)7;/h1-2H3;/q-1;+1. The summed E-state index contributed by atoms with van der Waals surface area (Å²) in [4.78, 5) is 0.